The van der Waals surface area contributed by atoms with E-state index in [4.69, 9.17) is 0 Å². The molecule has 0 radical (unpaired) electrons. The van der Waals surface area contributed by atoms with Crippen LogP contribution in [0.25, 0.3) is 21.8 Å². The van der Waals surface area contributed by atoms with E-state index in [1.54, 1.807) is 11.8 Å². The third-order valence-corrected chi connectivity index (χ3v) is 3.50. The highest BCUT2D eigenvalue weighted by Gasteiger charge is 2.05. The van der Waals surface area contributed by atoms with Gasteiger partial charge in [-0.2, -0.15) is 0 Å². The first-order valence-corrected chi connectivity index (χ1v) is 6.16. The molecule has 3 rings (SSSR count). The van der Waals surface area contributed by atoms with Crippen molar-refractivity contribution in [2.24, 2.45) is 0 Å². The van der Waals surface area contributed by atoms with Gasteiger partial charge in [0.2, 0.25) is 0 Å². The van der Waals surface area contributed by atoms with Crippen molar-refractivity contribution < 1.29 is 0 Å². The van der Waals surface area contributed by atoms with Crippen LogP contribution in [0.4, 0.5) is 0 Å². The second kappa shape index (κ2) is 3.31. The topological polar surface area (TPSA) is 15.8 Å². The second-order valence-electron chi connectivity index (χ2n) is 3.55. The molecule has 2 aromatic carbocycles. The summed E-state index contributed by atoms with van der Waals surface area (Å²) in [5.74, 6) is 0. The Morgan fingerprint density at radius 3 is 2.60 bits per heavy atom. The highest BCUT2D eigenvalue weighted by molar-refractivity contribution is 7.98. The van der Waals surface area contributed by atoms with Crippen molar-refractivity contribution in [3.05, 3.63) is 42.5 Å². The fourth-order valence-electron chi connectivity index (χ4n) is 2.02. The van der Waals surface area contributed by atoms with E-state index < -0.39 is 0 Å². The van der Waals surface area contributed by atoms with Crippen LogP contribution in [0.2, 0.25) is 0 Å². The molecule has 0 unspecified atom stereocenters. The van der Waals surface area contributed by atoms with Crippen LogP contribution in [0.1, 0.15) is 0 Å². The summed E-state index contributed by atoms with van der Waals surface area (Å²) in [5, 5.41) is 2.63. The van der Waals surface area contributed by atoms with Gasteiger partial charge in [-0.25, -0.2) is 0 Å². The number of benzene rings is 2. The third-order valence-electron chi connectivity index (χ3n) is 2.72. The second-order valence-corrected chi connectivity index (χ2v) is 4.40. The number of aromatic amines is 1. The molecule has 0 bridgehead atoms. The van der Waals surface area contributed by atoms with E-state index in [2.05, 4.69) is 53.7 Å². The van der Waals surface area contributed by atoms with Crippen LogP contribution in [-0.2, 0) is 0 Å². The van der Waals surface area contributed by atoms with Gasteiger partial charge >= 0.3 is 0 Å². The number of H-pyrrole nitrogens is 1. The van der Waals surface area contributed by atoms with Crippen LogP contribution < -0.4 is 0 Å². The molecule has 0 fully saturated rings. The summed E-state index contributed by atoms with van der Waals surface area (Å²) in [6.45, 7) is 0. The molecule has 0 amide bonds. The Hall–Kier alpha value is -1.41. The molecular formula is C13H11NS. The number of aromatic nitrogens is 1. The maximum absolute atomic E-state index is 3.48. The third kappa shape index (κ3) is 1.25. The molecule has 15 heavy (non-hydrogen) atoms. The number of nitrogens with one attached hydrogen (secondary N) is 1. The fraction of sp³-hybridized carbons (Fsp3) is 0.0769. The summed E-state index contributed by atoms with van der Waals surface area (Å²) in [4.78, 5) is 4.79. The largest absolute Gasteiger partial charge is 0.354 e. The van der Waals surface area contributed by atoms with E-state index in [0.29, 0.717) is 0 Å². The normalized spacial score (nSPS) is 11.3. The lowest BCUT2D eigenvalue weighted by Gasteiger charge is -1.97. The van der Waals surface area contributed by atoms with Crippen LogP contribution in [0.15, 0.2) is 47.4 Å². The van der Waals surface area contributed by atoms with E-state index >= 15 is 0 Å². The molecule has 1 aromatic heterocycles. The Morgan fingerprint density at radius 1 is 0.933 bits per heavy atom. The maximum atomic E-state index is 3.48. The van der Waals surface area contributed by atoms with Crippen LogP contribution in [0.5, 0.6) is 0 Å². The van der Waals surface area contributed by atoms with Gasteiger partial charge in [-0.1, -0.05) is 30.3 Å². The molecule has 0 aliphatic heterocycles. The number of para-hydroxylation sites is 2. The number of thioether (sulfide) groups is 1. The summed E-state index contributed by atoms with van der Waals surface area (Å²) in [6, 6.07) is 14.9. The molecule has 74 valence electrons. The molecule has 0 saturated carbocycles. The van der Waals surface area contributed by atoms with Crippen molar-refractivity contribution >= 4 is 33.6 Å². The molecule has 1 heterocycles. The lowest BCUT2D eigenvalue weighted by Crippen LogP contribution is -1.72. The van der Waals surface area contributed by atoms with Crippen LogP contribution in [0.3, 0.4) is 0 Å². The fourth-order valence-corrected chi connectivity index (χ4v) is 2.60. The van der Waals surface area contributed by atoms with Gasteiger partial charge in [0, 0.05) is 21.2 Å². The maximum Gasteiger partial charge on any atom is 0.0602 e. The number of rotatable bonds is 1. The molecule has 1 nitrogen and oxygen atoms in total. The zero-order chi connectivity index (χ0) is 10.3. The molecule has 2 heteroatoms. The van der Waals surface area contributed by atoms with Crippen molar-refractivity contribution in [3.8, 4) is 0 Å². The predicted molar refractivity (Wildman–Crippen MR) is 67.6 cm³/mol. The smallest absolute Gasteiger partial charge is 0.0602 e. The lowest BCUT2D eigenvalue weighted by molar-refractivity contribution is 1.45. The van der Waals surface area contributed by atoms with Crippen LogP contribution in [0, 0.1) is 0 Å². The Balaban J connectivity index is 2.53. The molecule has 3 aromatic rings. The number of hydrogen-bond acceptors (Lipinski definition) is 1. The van der Waals surface area contributed by atoms with Crippen LogP contribution >= 0.6 is 11.8 Å². The van der Waals surface area contributed by atoms with Crippen molar-refractivity contribution in [1.29, 1.82) is 0 Å². The quantitative estimate of drug-likeness (QED) is 0.603. The number of fused-ring (bicyclic) bond motifs is 3. The highest BCUT2D eigenvalue weighted by atomic mass is 32.2. The first-order valence-electron chi connectivity index (χ1n) is 4.93. The van der Waals surface area contributed by atoms with E-state index in [9.17, 15) is 0 Å². The predicted octanol–water partition coefficient (Wildman–Crippen LogP) is 4.04. The summed E-state index contributed by atoms with van der Waals surface area (Å²) in [7, 11) is 0. The van der Waals surface area contributed by atoms with Crippen molar-refractivity contribution in [1.82, 2.24) is 4.98 Å². The van der Waals surface area contributed by atoms with Gasteiger partial charge in [0.25, 0.3) is 0 Å². The highest BCUT2D eigenvalue weighted by Crippen LogP contribution is 2.31. The minimum Gasteiger partial charge on any atom is -0.354 e. The van der Waals surface area contributed by atoms with Gasteiger partial charge in [0.05, 0.1) is 5.52 Å². The van der Waals surface area contributed by atoms with E-state index in [1.807, 2.05) is 0 Å². The first kappa shape index (κ1) is 8.86. The van der Waals surface area contributed by atoms with Gasteiger partial charge in [0.15, 0.2) is 0 Å². The molecule has 0 saturated heterocycles. The Morgan fingerprint density at radius 2 is 1.73 bits per heavy atom. The Labute approximate surface area is 92.5 Å². The van der Waals surface area contributed by atoms with Crippen LogP contribution in [-0.4, -0.2) is 11.2 Å². The van der Waals surface area contributed by atoms with Gasteiger partial charge in [0.1, 0.15) is 0 Å². The molecule has 1 N–H and O–H groups in total. The minimum absolute atomic E-state index is 1.22. The zero-order valence-electron chi connectivity index (χ0n) is 8.45. The average molecular weight is 213 g/mol. The molecular weight excluding hydrogens is 202 g/mol. The monoisotopic (exact) mass is 213 g/mol. The van der Waals surface area contributed by atoms with E-state index in [-0.39, 0.29) is 0 Å². The zero-order valence-corrected chi connectivity index (χ0v) is 9.27. The van der Waals surface area contributed by atoms with E-state index in [0.717, 1.165) is 0 Å². The van der Waals surface area contributed by atoms with Gasteiger partial charge in [-0.15, -0.1) is 11.8 Å². The van der Waals surface area contributed by atoms with Crippen molar-refractivity contribution in [2.45, 2.75) is 4.90 Å². The van der Waals surface area contributed by atoms with Gasteiger partial charge < -0.3 is 4.98 Å². The van der Waals surface area contributed by atoms with Gasteiger partial charge in [-0.05, 0) is 18.4 Å². The van der Waals surface area contributed by atoms with Gasteiger partial charge in [-0.3, -0.25) is 0 Å². The minimum atomic E-state index is 1.22. The molecule has 0 aliphatic rings. The summed E-state index contributed by atoms with van der Waals surface area (Å²) in [6.07, 6.45) is 2.11. The van der Waals surface area contributed by atoms with Crippen molar-refractivity contribution in [3.63, 3.8) is 0 Å². The molecule has 0 atom stereocenters. The lowest BCUT2D eigenvalue weighted by atomic mass is 10.1. The molecule has 0 aliphatic carbocycles. The summed E-state index contributed by atoms with van der Waals surface area (Å²) < 4.78 is 0. The Bertz CT molecular complexity index is 625. The molecule has 0 spiro atoms. The van der Waals surface area contributed by atoms with Crippen molar-refractivity contribution in [2.75, 3.05) is 6.26 Å². The summed E-state index contributed by atoms with van der Waals surface area (Å²) >= 11 is 1.78. The standard InChI is InChI=1S/C13H11NS/c1-15-12-8-4-6-10-9-5-2-3-7-11(9)14-13(10)12/h2-8,14H,1H3. The van der Waals surface area contributed by atoms with E-state index in [1.165, 1.54) is 26.7 Å². The first-order chi connectivity index (χ1) is 7.40. The SMILES string of the molecule is CSc1cccc2c1[nH]c1ccccc12. The number of hydrogen-bond donors (Lipinski definition) is 1. The average Bonchev–Trinajstić information content (AvgIpc) is 2.67. The summed E-state index contributed by atoms with van der Waals surface area (Å²) in [5.41, 5.74) is 2.47. The Kier molecular flexibility index (Phi) is 1.96.